The minimum Gasteiger partial charge on any atom is -0.339 e. The predicted octanol–water partition coefficient (Wildman–Crippen LogP) is 2.95. The molecule has 4 rings (SSSR count). The summed E-state index contributed by atoms with van der Waals surface area (Å²) in [5, 5.41) is 0.761. The normalized spacial score (nSPS) is 15.1. The highest BCUT2D eigenvalue weighted by molar-refractivity contribution is 7.99. The molecule has 0 saturated carbocycles. The maximum atomic E-state index is 12.8. The van der Waals surface area contributed by atoms with E-state index in [2.05, 4.69) is 4.98 Å². The second-order valence-corrected chi connectivity index (χ2v) is 10.6. The molecule has 3 aromatic rings. The third kappa shape index (κ3) is 5.23. The van der Waals surface area contributed by atoms with Crippen molar-refractivity contribution in [1.82, 2.24) is 18.8 Å². The molecule has 0 aliphatic carbocycles. The van der Waals surface area contributed by atoms with Gasteiger partial charge in [-0.1, -0.05) is 60.3 Å². The Morgan fingerprint density at radius 2 is 1.69 bits per heavy atom. The van der Waals surface area contributed by atoms with Crippen molar-refractivity contribution in [2.75, 3.05) is 31.9 Å². The molecule has 9 heteroatoms. The zero-order valence-electron chi connectivity index (χ0n) is 17.9. The molecule has 168 valence electrons. The first-order chi connectivity index (χ1) is 15.4. The average Bonchev–Trinajstić information content (AvgIpc) is 3.26. The number of piperazine rings is 1. The van der Waals surface area contributed by atoms with Gasteiger partial charge in [-0.3, -0.25) is 9.36 Å². The van der Waals surface area contributed by atoms with Gasteiger partial charge >= 0.3 is 0 Å². The van der Waals surface area contributed by atoms with Crippen molar-refractivity contribution in [1.29, 1.82) is 0 Å². The zero-order chi connectivity index (χ0) is 22.6. The molecule has 1 aromatic heterocycles. The fourth-order valence-corrected chi connectivity index (χ4v) is 6.11. The lowest BCUT2D eigenvalue weighted by molar-refractivity contribution is -0.129. The number of para-hydroxylation sites is 1. The van der Waals surface area contributed by atoms with Crippen LogP contribution in [-0.2, 0) is 20.6 Å². The van der Waals surface area contributed by atoms with Gasteiger partial charge in [-0.25, -0.2) is 13.4 Å². The maximum absolute atomic E-state index is 12.8. The summed E-state index contributed by atoms with van der Waals surface area (Å²) in [7, 11) is -3.40. The van der Waals surface area contributed by atoms with Crippen LogP contribution in [0.15, 0.2) is 72.1 Å². The number of hydrogen-bond donors (Lipinski definition) is 0. The van der Waals surface area contributed by atoms with E-state index in [0.29, 0.717) is 26.2 Å². The predicted molar refractivity (Wildman–Crippen MR) is 126 cm³/mol. The SMILES string of the molecule is Cc1ccccc1-n1ccnc1SCC(=O)N1CCN(S(=O)(=O)Cc2ccccc2)CC1. The lowest BCUT2D eigenvalue weighted by Gasteiger charge is -2.34. The van der Waals surface area contributed by atoms with Crippen LogP contribution >= 0.6 is 11.8 Å². The van der Waals surface area contributed by atoms with Crippen molar-refractivity contribution in [2.24, 2.45) is 0 Å². The van der Waals surface area contributed by atoms with E-state index in [1.807, 2.05) is 72.3 Å². The van der Waals surface area contributed by atoms with Crippen molar-refractivity contribution in [2.45, 2.75) is 17.8 Å². The van der Waals surface area contributed by atoms with Gasteiger partial charge in [-0.15, -0.1) is 0 Å². The van der Waals surface area contributed by atoms with Gasteiger partial charge in [0.05, 0.1) is 17.2 Å². The summed E-state index contributed by atoms with van der Waals surface area (Å²) < 4.78 is 28.9. The molecule has 1 aliphatic rings. The number of aryl methyl sites for hydroxylation is 1. The highest BCUT2D eigenvalue weighted by Gasteiger charge is 2.29. The summed E-state index contributed by atoms with van der Waals surface area (Å²) >= 11 is 1.40. The number of aromatic nitrogens is 2. The molecule has 0 radical (unpaired) electrons. The van der Waals surface area contributed by atoms with Crippen LogP contribution in [0.2, 0.25) is 0 Å². The first kappa shape index (κ1) is 22.6. The summed E-state index contributed by atoms with van der Waals surface area (Å²) in [4.78, 5) is 18.9. The van der Waals surface area contributed by atoms with E-state index >= 15 is 0 Å². The summed E-state index contributed by atoms with van der Waals surface area (Å²) in [5.41, 5.74) is 2.94. The van der Waals surface area contributed by atoms with Crippen LogP contribution in [-0.4, -0.2) is 65.0 Å². The van der Waals surface area contributed by atoms with Gasteiger partial charge in [-0.2, -0.15) is 4.31 Å². The minimum atomic E-state index is -3.40. The highest BCUT2D eigenvalue weighted by atomic mass is 32.2. The Kier molecular flexibility index (Phi) is 6.98. The smallest absolute Gasteiger partial charge is 0.233 e. The quantitative estimate of drug-likeness (QED) is 0.497. The molecule has 7 nitrogen and oxygen atoms in total. The third-order valence-corrected chi connectivity index (χ3v) is 8.28. The second-order valence-electron chi connectivity index (χ2n) is 7.68. The molecular formula is C23H26N4O3S2. The highest BCUT2D eigenvalue weighted by Crippen LogP contribution is 2.23. The summed E-state index contributed by atoms with van der Waals surface area (Å²) in [6.45, 7) is 3.49. The Hall–Kier alpha value is -2.62. The topological polar surface area (TPSA) is 75.5 Å². The number of carbonyl (C=O) groups excluding carboxylic acids is 1. The van der Waals surface area contributed by atoms with Gasteiger partial charge in [0.15, 0.2) is 5.16 Å². The fourth-order valence-electron chi connectivity index (χ4n) is 3.72. The fraction of sp³-hybridized carbons (Fsp3) is 0.304. The number of thioether (sulfide) groups is 1. The number of imidazole rings is 1. The van der Waals surface area contributed by atoms with Gasteiger partial charge in [0.2, 0.25) is 15.9 Å². The molecule has 0 atom stereocenters. The van der Waals surface area contributed by atoms with Gasteiger partial charge in [0.25, 0.3) is 0 Å². The van der Waals surface area contributed by atoms with Crippen molar-refractivity contribution < 1.29 is 13.2 Å². The van der Waals surface area contributed by atoms with E-state index in [4.69, 9.17) is 0 Å². The first-order valence-corrected chi connectivity index (χ1v) is 13.1. The van der Waals surface area contributed by atoms with E-state index in [9.17, 15) is 13.2 Å². The van der Waals surface area contributed by atoms with Gasteiger partial charge < -0.3 is 4.90 Å². The largest absolute Gasteiger partial charge is 0.339 e. The molecule has 1 saturated heterocycles. The number of nitrogens with zero attached hydrogens (tertiary/aromatic N) is 4. The zero-order valence-corrected chi connectivity index (χ0v) is 19.6. The van der Waals surface area contributed by atoms with Crippen molar-refractivity contribution >= 4 is 27.7 Å². The number of sulfonamides is 1. The third-order valence-electron chi connectivity index (χ3n) is 5.48. The van der Waals surface area contributed by atoms with Crippen LogP contribution in [0, 0.1) is 6.92 Å². The molecule has 1 amide bonds. The molecule has 0 bridgehead atoms. The van der Waals surface area contributed by atoms with E-state index in [1.54, 1.807) is 11.1 Å². The van der Waals surface area contributed by atoms with Crippen LogP contribution in [0.25, 0.3) is 5.69 Å². The van der Waals surface area contributed by atoms with Crippen molar-refractivity contribution in [3.63, 3.8) is 0 Å². The molecule has 0 spiro atoms. The number of amides is 1. The molecule has 32 heavy (non-hydrogen) atoms. The molecule has 2 aromatic carbocycles. The average molecular weight is 471 g/mol. The monoisotopic (exact) mass is 470 g/mol. The minimum absolute atomic E-state index is 0.00515. The van der Waals surface area contributed by atoms with Gasteiger partial charge in [0.1, 0.15) is 0 Å². The van der Waals surface area contributed by atoms with E-state index in [1.165, 1.54) is 16.1 Å². The summed E-state index contributed by atoms with van der Waals surface area (Å²) in [5.74, 6) is 0.244. The molecule has 0 N–H and O–H groups in total. The number of carbonyl (C=O) groups is 1. The Balaban J connectivity index is 1.31. The second kappa shape index (κ2) is 9.89. The standard InChI is InChI=1S/C23H26N4O3S2/c1-19-7-5-6-10-21(19)27-12-11-24-23(27)31-17-22(28)25-13-15-26(16-14-25)32(29,30)18-20-8-3-2-4-9-20/h2-12H,13-18H2,1H3. The van der Waals surface area contributed by atoms with Crippen LogP contribution in [0.4, 0.5) is 0 Å². The Morgan fingerprint density at radius 1 is 1.00 bits per heavy atom. The van der Waals surface area contributed by atoms with Crippen LogP contribution in [0.3, 0.4) is 0 Å². The number of benzene rings is 2. The lowest BCUT2D eigenvalue weighted by atomic mass is 10.2. The van der Waals surface area contributed by atoms with Gasteiger partial charge in [0, 0.05) is 38.6 Å². The number of hydrogen-bond acceptors (Lipinski definition) is 5. The number of rotatable bonds is 7. The molecular weight excluding hydrogens is 444 g/mol. The van der Waals surface area contributed by atoms with Crippen LogP contribution < -0.4 is 0 Å². The maximum Gasteiger partial charge on any atom is 0.233 e. The van der Waals surface area contributed by atoms with E-state index in [-0.39, 0.29) is 17.4 Å². The summed E-state index contributed by atoms with van der Waals surface area (Å²) in [6, 6.07) is 17.2. The Morgan fingerprint density at radius 3 is 2.41 bits per heavy atom. The molecule has 2 heterocycles. The van der Waals surface area contributed by atoms with Crippen LogP contribution in [0.1, 0.15) is 11.1 Å². The molecule has 1 fully saturated rings. The van der Waals surface area contributed by atoms with Crippen molar-refractivity contribution in [3.05, 3.63) is 78.1 Å². The summed E-state index contributed by atoms with van der Waals surface area (Å²) in [6.07, 6.45) is 3.63. The Labute approximate surface area is 193 Å². The van der Waals surface area contributed by atoms with E-state index in [0.717, 1.165) is 22.0 Å². The van der Waals surface area contributed by atoms with Crippen LogP contribution in [0.5, 0.6) is 0 Å². The molecule has 1 aliphatic heterocycles. The van der Waals surface area contributed by atoms with Gasteiger partial charge in [-0.05, 0) is 24.1 Å². The Bertz CT molecular complexity index is 1170. The van der Waals surface area contributed by atoms with Crippen molar-refractivity contribution in [3.8, 4) is 5.69 Å². The lowest BCUT2D eigenvalue weighted by Crippen LogP contribution is -2.51. The van der Waals surface area contributed by atoms with E-state index < -0.39 is 10.0 Å². The first-order valence-electron chi connectivity index (χ1n) is 10.5. The molecule has 0 unspecified atom stereocenters.